The van der Waals surface area contributed by atoms with Crippen molar-refractivity contribution >= 4 is 29.3 Å². The van der Waals surface area contributed by atoms with E-state index in [2.05, 4.69) is 25.8 Å². The highest BCUT2D eigenvalue weighted by Crippen LogP contribution is 2.29. The fourth-order valence-corrected chi connectivity index (χ4v) is 3.60. The van der Waals surface area contributed by atoms with E-state index in [4.69, 9.17) is 13.9 Å². The summed E-state index contributed by atoms with van der Waals surface area (Å²) in [4.78, 5) is 27.9. The molecule has 2 aromatic heterocycles. The number of rotatable bonds is 7. The third kappa shape index (κ3) is 5.70. The average Bonchev–Trinajstić information content (AvgIpc) is 3.33. The number of halogens is 4. The van der Waals surface area contributed by atoms with Gasteiger partial charge in [0.25, 0.3) is 0 Å². The maximum Gasteiger partial charge on any atom is 0.320 e. The van der Waals surface area contributed by atoms with E-state index in [9.17, 15) is 27.2 Å². The van der Waals surface area contributed by atoms with Gasteiger partial charge in [0.2, 0.25) is 5.88 Å². The Balaban J connectivity index is 1.34. The molecule has 4 rings (SSSR count). The molecule has 1 amide bonds. The zero-order chi connectivity index (χ0) is 25.8. The summed E-state index contributed by atoms with van der Waals surface area (Å²) in [7, 11) is 1.34. The number of hydrogen-bond acceptors (Lipinski definition) is 9. The molecule has 14 heteroatoms. The van der Waals surface area contributed by atoms with Gasteiger partial charge in [0.15, 0.2) is 17.5 Å². The van der Waals surface area contributed by atoms with Gasteiger partial charge in [-0.05, 0) is 25.7 Å². The normalized spacial score (nSPS) is 17.4. The van der Waals surface area contributed by atoms with Gasteiger partial charge < -0.3 is 24.5 Å². The van der Waals surface area contributed by atoms with Gasteiger partial charge in [-0.25, -0.2) is 22.5 Å². The highest BCUT2D eigenvalue weighted by Gasteiger charge is 2.28. The number of aromatic nitrogens is 3. The number of pyridine rings is 1. The zero-order valence-electron chi connectivity index (χ0n) is 18.7. The Hall–Kier alpha value is -4.23. The smallest absolute Gasteiger partial charge is 0.320 e. The minimum absolute atomic E-state index is 0.00449. The van der Waals surface area contributed by atoms with Crippen molar-refractivity contribution in [2.24, 2.45) is 5.92 Å². The highest BCUT2D eigenvalue weighted by molar-refractivity contribution is 6.00. The van der Waals surface area contributed by atoms with Crippen molar-refractivity contribution in [3.8, 4) is 5.88 Å². The molecular formula is C22H19F4N5O5. The molecule has 0 spiro atoms. The summed E-state index contributed by atoms with van der Waals surface area (Å²) in [5, 5.41) is 11.3. The molecule has 190 valence electrons. The lowest BCUT2D eigenvalue weighted by atomic mass is 9.87. The van der Waals surface area contributed by atoms with Gasteiger partial charge in [-0.2, -0.15) is 0 Å². The van der Waals surface area contributed by atoms with Crippen LogP contribution in [0.2, 0.25) is 0 Å². The number of nitrogens with one attached hydrogen (secondary N) is 2. The van der Waals surface area contributed by atoms with E-state index in [-0.39, 0.29) is 29.6 Å². The molecule has 0 radical (unpaired) electrons. The Morgan fingerprint density at radius 1 is 0.944 bits per heavy atom. The van der Waals surface area contributed by atoms with E-state index in [0.29, 0.717) is 37.8 Å². The molecule has 2 N–H and O–H groups in total. The largest absolute Gasteiger partial charge is 0.474 e. The van der Waals surface area contributed by atoms with Crippen LogP contribution in [0.15, 0.2) is 28.8 Å². The molecular weight excluding hydrogens is 490 g/mol. The molecule has 3 aromatic rings. The van der Waals surface area contributed by atoms with Crippen molar-refractivity contribution in [3.63, 3.8) is 0 Å². The van der Waals surface area contributed by atoms with Gasteiger partial charge in [0, 0.05) is 18.2 Å². The van der Waals surface area contributed by atoms with Gasteiger partial charge in [-0.15, -0.1) is 5.10 Å². The van der Waals surface area contributed by atoms with E-state index in [1.54, 1.807) is 0 Å². The number of carbonyl (C=O) groups is 2. The summed E-state index contributed by atoms with van der Waals surface area (Å²) in [6, 6.07) is 1.35. The predicted molar refractivity (Wildman–Crippen MR) is 114 cm³/mol. The summed E-state index contributed by atoms with van der Waals surface area (Å²) in [6.45, 7) is 0. The minimum Gasteiger partial charge on any atom is -0.474 e. The molecule has 0 unspecified atom stereocenters. The standard InChI is InChI=1S/C22H19F4N5O5/c1-34-21(33)10-2-4-11(5-3-10)35-18-8-15(26)17(9-27-18)28-19(32)20-30-31-22(36-20)29-16-7-13(24)12(23)6-14(16)25/h6-11H,2-5H2,1H3,(H,28,32)(H,29,31). The first kappa shape index (κ1) is 24.9. The van der Waals surface area contributed by atoms with Gasteiger partial charge >= 0.3 is 23.8 Å². The van der Waals surface area contributed by atoms with Crippen LogP contribution in [0, 0.1) is 29.2 Å². The number of benzene rings is 1. The Bertz CT molecular complexity index is 1280. The molecule has 0 saturated heterocycles. The van der Waals surface area contributed by atoms with Crippen LogP contribution in [0.4, 0.5) is 35.0 Å². The van der Waals surface area contributed by atoms with Crippen LogP contribution in [0.25, 0.3) is 0 Å². The maximum absolute atomic E-state index is 14.5. The highest BCUT2D eigenvalue weighted by atomic mass is 19.2. The third-order valence-corrected chi connectivity index (χ3v) is 5.44. The van der Waals surface area contributed by atoms with Crippen molar-refractivity contribution in [2.45, 2.75) is 31.8 Å². The lowest BCUT2D eigenvalue weighted by molar-refractivity contribution is -0.147. The van der Waals surface area contributed by atoms with Crippen LogP contribution >= 0.6 is 0 Å². The first-order valence-corrected chi connectivity index (χ1v) is 10.7. The quantitative estimate of drug-likeness (QED) is 0.274. The second-order valence-electron chi connectivity index (χ2n) is 7.85. The summed E-state index contributed by atoms with van der Waals surface area (Å²) < 4.78 is 70.1. The van der Waals surface area contributed by atoms with E-state index < -0.39 is 46.8 Å². The van der Waals surface area contributed by atoms with Crippen LogP contribution in [0.5, 0.6) is 5.88 Å². The molecule has 36 heavy (non-hydrogen) atoms. The Morgan fingerprint density at radius 2 is 1.64 bits per heavy atom. The van der Waals surface area contributed by atoms with Crippen LogP contribution in [0.1, 0.15) is 36.4 Å². The Labute approximate surface area is 201 Å². The number of hydrogen-bond donors (Lipinski definition) is 2. The number of anilines is 3. The number of carbonyl (C=O) groups excluding carboxylic acids is 2. The second kappa shape index (κ2) is 10.6. The molecule has 0 bridgehead atoms. The van der Waals surface area contributed by atoms with Crippen LogP contribution in [-0.4, -0.2) is 40.3 Å². The number of methoxy groups -OCH3 is 1. The Morgan fingerprint density at radius 3 is 2.33 bits per heavy atom. The van der Waals surface area contributed by atoms with Gasteiger partial charge in [-0.3, -0.25) is 9.59 Å². The number of esters is 1. The van der Waals surface area contributed by atoms with Crippen molar-refractivity contribution in [1.82, 2.24) is 15.2 Å². The number of nitrogens with zero attached hydrogens (tertiary/aromatic N) is 3. The summed E-state index contributed by atoms with van der Waals surface area (Å²) in [5.74, 6) is -6.76. The first-order valence-electron chi connectivity index (χ1n) is 10.7. The Kier molecular flexibility index (Phi) is 7.31. The van der Waals surface area contributed by atoms with Crippen molar-refractivity contribution in [3.05, 3.63) is 53.6 Å². The molecule has 0 atom stereocenters. The first-order chi connectivity index (χ1) is 17.2. The fraction of sp³-hybridized carbons (Fsp3) is 0.318. The molecule has 2 heterocycles. The van der Waals surface area contributed by atoms with Crippen LogP contribution in [0.3, 0.4) is 0 Å². The van der Waals surface area contributed by atoms with E-state index >= 15 is 0 Å². The third-order valence-electron chi connectivity index (χ3n) is 5.44. The lowest BCUT2D eigenvalue weighted by Gasteiger charge is -2.27. The van der Waals surface area contributed by atoms with Crippen molar-refractivity contribution in [2.75, 3.05) is 17.7 Å². The summed E-state index contributed by atoms with van der Waals surface area (Å²) in [6.07, 6.45) is 3.10. The summed E-state index contributed by atoms with van der Waals surface area (Å²) >= 11 is 0. The topological polar surface area (TPSA) is 128 Å². The van der Waals surface area contributed by atoms with E-state index in [0.717, 1.165) is 12.3 Å². The zero-order valence-corrected chi connectivity index (χ0v) is 18.7. The summed E-state index contributed by atoms with van der Waals surface area (Å²) in [5.41, 5.74) is -0.810. The fourth-order valence-electron chi connectivity index (χ4n) is 3.60. The molecule has 1 aliphatic carbocycles. The monoisotopic (exact) mass is 509 g/mol. The minimum atomic E-state index is -1.39. The van der Waals surface area contributed by atoms with Crippen molar-refractivity contribution < 1.29 is 41.0 Å². The number of amides is 1. The predicted octanol–water partition coefficient (Wildman–Crippen LogP) is 4.13. The van der Waals surface area contributed by atoms with Gasteiger partial charge in [0.05, 0.1) is 30.6 Å². The van der Waals surface area contributed by atoms with Gasteiger partial charge in [0.1, 0.15) is 11.9 Å². The lowest BCUT2D eigenvalue weighted by Crippen LogP contribution is -2.28. The van der Waals surface area contributed by atoms with Crippen LogP contribution in [-0.2, 0) is 9.53 Å². The molecule has 0 aliphatic heterocycles. The van der Waals surface area contributed by atoms with Crippen molar-refractivity contribution in [1.29, 1.82) is 0 Å². The maximum atomic E-state index is 14.5. The SMILES string of the molecule is COC(=O)C1CCC(Oc2cc(F)c(NC(=O)c3nnc(Nc4cc(F)c(F)cc4F)o3)cn2)CC1. The van der Waals surface area contributed by atoms with E-state index in [1.165, 1.54) is 7.11 Å². The molecule has 1 saturated carbocycles. The molecule has 1 aliphatic rings. The molecule has 1 fully saturated rings. The van der Waals surface area contributed by atoms with E-state index in [1.807, 2.05) is 0 Å². The average molecular weight is 509 g/mol. The second-order valence-corrected chi connectivity index (χ2v) is 7.85. The number of ether oxygens (including phenoxy) is 2. The molecule has 10 nitrogen and oxygen atoms in total. The van der Waals surface area contributed by atoms with Crippen LogP contribution < -0.4 is 15.4 Å². The molecule has 1 aromatic carbocycles. The van der Waals surface area contributed by atoms with Gasteiger partial charge in [-0.1, -0.05) is 5.10 Å².